The van der Waals surface area contributed by atoms with Crippen molar-refractivity contribution in [1.82, 2.24) is 10.6 Å². The number of ether oxygens (including phenoxy) is 1. The van der Waals surface area contributed by atoms with E-state index in [0.717, 1.165) is 31.2 Å². The van der Waals surface area contributed by atoms with Crippen molar-refractivity contribution in [2.75, 3.05) is 6.54 Å². The number of rotatable bonds is 7. The normalized spacial score (nSPS) is 17.7. The Balaban J connectivity index is 1.71. The lowest BCUT2D eigenvalue weighted by molar-refractivity contribution is 0.0527. The van der Waals surface area contributed by atoms with Crippen LogP contribution in [0.5, 0.6) is 0 Å². The highest BCUT2D eigenvalue weighted by molar-refractivity contribution is 6.30. The van der Waals surface area contributed by atoms with E-state index in [1.54, 1.807) is 0 Å². The molecule has 0 radical (unpaired) electrons. The fourth-order valence-electron chi connectivity index (χ4n) is 4.40. The van der Waals surface area contributed by atoms with Crippen LogP contribution in [0.15, 0.2) is 42.5 Å². The fourth-order valence-corrected chi connectivity index (χ4v) is 4.61. The second kappa shape index (κ2) is 10.9. The molecule has 0 aromatic heterocycles. The lowest BCUT2D eigenvalue weighted by Crippen LogP contribution is -2.42. The standard InChI is InChI=1S/C26H33ClN2O4/c1-26(2,3)33-25(32)28-13-5-7-17-9-10-19-11-12-23(29-24(30)31)22(21(19)15-17)16-18-6-4-8-20(27)14-18/h4,6,8-10,14-15,22-23,29H,5,7,11-13,16H2,1-3H3,(H,28,32)(H,30,31). The molecule has 3 rings (SSSR count). The number of hydrogen-bond donors (Lipinski definition) is 3. The van der Waals surface area contributed by atoms with E-state index in [1.807, 2.05) is 45.0 Å². The Bertz CT molecular complexity index is 986. The van der Waals surface area contributed by atoms with Crippen LogP contribution in [0.4, 0.5) is 9.59 Å². The molecule has 3 N–H and O–H groups in total. The van der Waals surface area contributed by atoms with Crippen molar-refractivity contribution in [2.24, 2.45) is 0 Å². The summed E-state index contributed by atoms with van der Waals surface area (Å²) >= 11 is 6.19. The average molecular weight is 473 g/mol. The zero-order valence-corrected chi connectivity index (χ0v) is 20.2. The number of carbonyl (C=O) groups is 2. The first-order chi connectivity index (χ1) is 15.6. The lowest BCUT2D eigenvalue weighted by Gasteiger charge is -2.34. The molecule has 2 aromatic rings. The highest BCUT2D eigenvalue weighted by Gasteiger charge is 2.31. The number of nitrogens with one attached hydrogen (secondary N) is 2. The van der Waals surface area contributed by atoms with Crippen LogP contribution in [0.1, 0.15) is 61.8 Å². The molecule has 7 heteroatoms. The van der Waals surface area contributed by atoms with Gasteiger partial charge in [-0.15, -0.1) is 0 Å². The second-order valence-corrected chi connectivity index (χ2v) is 10.0. The molecule has 1 aliphatic carbocycles. The molecule has 2 atom stereocenters. The summed E-state index contributed by atoms with van der Waals surface area (Å²) in [6, 6.07) is 14.1. The number of alkyl carbamates (subject to hydrolysis) is 1. The number of halogens is 1. The Kier molecular flexibility index (Phi) is 8.25. The van der Waals surface area contributed by atoms with Crippen LogP contribution < -0.4 is 10.6 Å². The maximum absolute atomic E-state index is 11.8. The number of hydrogen-bond acceptors (Lipinski definition) is 3. The van der Waals surface area contributed by atoms with E-state index in [0.29, 0.717) is 18.0 Å². The first-order valence-electron chi connectivity index (χ1n) is 11.4. The third-order valence-electron chi connectivity index (χ3n) is 5.78. The van der Waals surface area contributed by atoms with Gasteiger partial charge in [-0.05, 0) is 87.3 Å². The summed E-state index contributed by atoms with van der Waals surface area (Å²) in [4.78, 5) is 23.3. The summed E-state index contributed by atoms with van der Waals surface area (Å²) in [6.07, 6.45) is 2.51. The molecule has 1 aliphatic rings. The Morgan fingerprint density at radius 3 is 2.64 bits per heavy atom. The smallest absolute Gasteiger partial charge is 0.407 e. The van der Waals surface area contributed by atoms with Gasteiger partial charge in [-0.1, -0.05) is 41.9 Å². The third-order valence-corrected chi connectivity index (χ3v) is 6.02. The van der Waals surface area contributed by atoms with E-state index in [4.69, 9.17) is 16.3 Å². The predicted molar refractivity (Wildman–Crippen MR) is 130 cm³/mol. The second-order valence-electron chi connectivity index (χ2n) is 9.60. The van der Waals surface area contributed by atoms with E-state index in [9.17, 15) is 14.7 Å². The van der Waals surface area contributed by atoms with Gasteiger partial charge in [0.05, 0.1) is 0 Å². The molecular formula is C26H33ClN2O4. The number of amides is 2. The molecule has 0 heterocycles. The SMILES string of the molecule is CC(C)(C)OC(=O)NCCCc1ccc2c(c1)C(Cc1cccc(Cl)c1)C(NC(=O)O)CC2. The Labute approximate surface area is 200 Å². The summed E-state index contributed by atoms with van der Waals surface area (Å²) in [6.45, 7) is 6.05. The van der Waals surface area contributed by atoms with Gasteiger partial charge in [-0.3, -0.25) is 0 Å². The highest BCUT2D eigenvalue weighted by Crippen LogP contribution is 2.36. The maximum atomic E-state index is 11.8. The van der Waals surface area contributed by atoms with E-state index in [2.05, 4.69) is 28.8 Å². The van der Waals surface area contributed by atoms with Gasteiger partial charge >= 0.3 is 12.2 Å². The van der Waals surface area contributed by atoms with Gasteiger partial charge in [0.15, 0.2) is 0 Å². The minimum atomic E-state index is -0.996. The Hall–Kier alpha value is -2.73. The van der Waals surface area contributed by atoms with E-state index < -0.39 is 17.8 Å². The van der Waals surface area contributed by atoms with Gasteiger partial charge in [0.1, 0.15) is 5.60 Å². The van der Waals surface area contributed by atoms with Crippen LogP contribution in [0.3, 0.4) is 0 Å². The molecule has 178 valence electrons. The van der Waals surface area contributed by atoms with Crippen molar-refractivity contribution in [2.45, 2.75) is 70.4 Å². The summed E-state index contributed by atoms with van der Waals surface area (Å²) in [7, 11) is 0. The number of aryl methyl sites for hydroxylation is 2. The maximum Gasteiger partial charge on any atom is 0.407 e. The van der Waals surface area contributed by atoms with E-state index in [-0.39, 0.29) is 12.0 Å². The summed E-state index contributed by atoms with van der Waals surface area (Å²) in [5.74, 6) is 0.0307. The Morgan fingerprint density at radius 1 is 1.15 bits per heavy atom. The van der Waals surface area contributed by atoms with E-state index >= 15 is 0 Å². The topological polar surface area (TPSA) is 87.7 Å². The van der Waals surface area contributed by atoms with Crippen molar-refractivity contribution in [3.8, 4) is 0 Å². The van der Waals surface area contributed by atoms with Crippen molar-refractivity contribution in [3.05, 3.63) is 69.7 Å². The van der Waals surface area contributed by atoms with Crippen LogP contribution >= 0.6 is 11.6 Å². The van der Waals surface area contributed by atoms with Crippen LogP contribution in [0.2, 0.25) is 5.02 Å². The molecule has 2 amide bonds. The number of fused-ring (bicyclic) bond motifs is 1. The van der Waals surface area contributed by atoms with Gasteiger partial charge in [0.25, 0.3) is 0 Å². The molecule has 0 aliphatic heterocycles. The molecular weight excluding hydrogens is 440 g/mol. The molecule has 0 fully saturated rings. The third kappa shape index (κ3) is 7.67. The van der Waals surface area contributed by atoms with Crippen LogP contribution in [0.25, 0.3) is 0 Å². The zero-order valence-electron chi connectivity index (χ0n) is 19.5. The number of carbonyl (C=O) groups excluding carboxylic acids is 1. The summed E-state index contributed by atoms with van der Waals surface area (Å²) in [5.41, 5.74) is 4.20. The minimum Gasteiger partial charge on any atom is -0.465 e. The average Bonchev–Trinajstić information content (AvgIpc) is 2.71. The number of carboxylic acid groups (broad SMARTS) is 1. The molecule has 6 nitrogen and oxygen atoms in total. The van der Waals surface area contributed by atoms with Gasteiger partial charge in [0, 0.05) is 23.5 Å². The predicted octanol–water partition coefficient (Wildman–Crippen LogP) is 5.71. The van der Waals surface area contributed by atoms with Crippen molar-refractivity contribution in [1.29, 1.82) is 0 Å². The molecule has 2 unspecified atom stereocenters. The molecule has 33 heavy (non-hydrogen) atoms. The van der Waals surface area contributed by atoms with Crippen LogP contribution in [0, 0.1) is 0 Å². The summed E-state index contributed by atoms with van der Waals surface area (Å²) < 4.78 is 5.27. The van der Waals surface area contributed by atoms with Crippen molar-refractivity contribution < 1.29 is 19.4 Å². The Morgan fingerprint density at radius 2 is 1.94 bits per heavy atom. The van der Waals surface area contributed by atoms with Gasteiger partial charge in [-0.2, -0.15) is 0 Å². The van der Waals surface area contributed by atoms with Gasteiger partial charge < -0.3 is 20.5 Å². The van der Waals surface area contributed by atoms with Gasteiger partial charge in [-0.25, -0.2) is 9.59 Å². The molecule has 2 aromatic carbocycles. The highest BCUT2D eigenvalue weighted by atomic mass is 35.5. The molecule has 0 spiro atoms. The first kappa shape index (κ1) is 24.9. The monoisotopic (exact) mass is 472 g/mol. The minimum absolute atomic E-state index is 0.0307. The van der Waals surface area contributed by atoms with E-state index in [1.165, 1.54) is 16.7 Å². The van der Waals surface area contributed by atoms with Crippen molar-refractivity contribution in [3.63, 3.8) is 0 Å². The van der Waals surface area contributed by atoms with Crippen LogP contribution in [-0.2, 0) is 24.0 Å². The molecule has 0 bridgehead atoms. The fraction of sp³-hybridized carbons (Fsp3) is 0.462. The van der Waals surface area contributed by atoms with Gasteiger partial charge in [0.2, 0.25) is 0 Å². The quantitative estimate of drug-likeness (QED) is 0.450. The van der Waals surface area contributed by atoms with Crippen LogP contribution in [-0.4, -0.2) is 35.5 Å². The van der Waals surface area contributed by atoms with Crippen molar-refractivity contribution >= 4 is 23.8 Å². The molecule has 0 saturated heterocycles. The number of benzene rings is 2. The lowest BCUT2D eigenvalue weighted by atomic mass is 9.75. The zero-order chi connectivity index (χ0) is 24.0. The largest absolute Gasteiger partial charge is 0.465 e. The molecule has 0 saturated carbocycles. The summed E-state index contributed by atoms with van der Waals surface area (Å²) in [5, 5.41) is 15.6. The first-order valence-corrected chi connectivity index (χ1v) is 11.8.